The van der Waals surface area contributed by atoms with Gasteiger partial charge in [-0.2, -0.15) is 18.3 Å². The van der Waals surface area contributed by atoms with E-state index in [1.807, 2.05) is 13.8 Å². The molecule has 25 heavy (non-hydrogen) atoms. The predicted octanol–water partition coefficient (Wildman–Crippen LogP) is 4.00. The Bertz CT molecular complexity index is 902. The molecule has 0 saturated carbocycles. The van der Waals surface area contributed by atoms with Crippen molar-refractivity contribution in [2.45, 2.75) is 32.5 Å². The first-order chi connectivity index (χ1) is 11.8. The average Bonchev–Trinajstić information content (AvgIpc) is 3.22. The van der Waals surface area contributed by atoms with Crippen molar-refractivity contribution in [2.24, 2.45) is 0 Å². The summed E-state index contributed by atoms with van der Waals surface area (Å²) >= 11 is 1.27. The van der Waals surface area contributed by atoms with E-state index in [-0.39, 0.29) is 22.9 Å². The van der Waals surface area contributed by atoms with Crippen LogP contribution >= 0.6 is 11.3 Å². The van der Waals surface area contributed by atoms with E-state index in [1.165, 1.54) is 11.3 Å². The summed E-state index contributed by atoms with van der Waals surface area (Å²) in [7, 11) is 0. The van der Waals surface area contributed by atoms with Crippen molar-refractivity contribution < 1.29 is 18.0 Å². The maximum absolute atomic E-state index is 13.4. The Balaban J connectivity index is 2.18. The van der Waals surface area contributed by atoms with Crippen molar-refractivity contribution in [1.29, 1.82) is 0 Å². The molecule has 0 aliphatic heterocycles. The minimum atomic E-state index is -4.62. The summed E-state index contributed by atoms with van der Waals surface area (Å²) < 4.78 is 41.0. The highest BCUT2D eigenvalue weighted by Crippen LogP contribution is 2.33. The molecule has 0 aliphatic rings. The standard InChI is InChI=1S/C16H15F3N4OS/c1-3-9(2)21-15(24)10-8-20-23-13(16(17,18)19)7-11(22-14(10)23)12-5-4-6-25-12/h4-9H,3H2,1-2H3,(H,21,24). The van der Waals surface area contributed by atoms with Gasteiger partial charge >= 0.3 is 6.18 Å². The van der Waals surface area contributed by atoms with Crippen molar-refractivity contribution in [1.82, 2.24) is 19.9 Å². The lowest BCUT2D eigenvalue weighted by Crippen LogP contribution is -2.32. The van der Waals surface area contributed by atoms with E-state index in [0.717, 1.165) is 12.3 Å². The smallest absolute Gasteiger partial charge is 0.349 e. The molecule has 0 saturated heterocycles. The van der Waals surface area contributed by atoms with E-state index in [4.69, 9.17) is 0 Å². The van der Waals surface area contributed by atoms with Crippen LogP contribution in [0.25, 0.3) is 16.2 Å². The van der Waals surface area contributed by atoms with Gasteiger partial charge in [-0.3, -0.25) is 4.79 Å². The highest BCUT2D eigenvalue weighted by Gasteiger charge is 2.36. The number of nitrogens with zero attached hydrogens (tertiary/aromatic N) is 3. The molecule has 9 heteroatoms. The maximum Gasteiger partial charge on any atom is 0.433 e. The van der Waals surface area contributed by atoms with Crippen LogP contribution in [0.5, 0.6) is 0 Å². The summed E-state index contributed by atoms with van der Waals surface area (Å²) in [5.74, 6) is -0.492. The minimum absolute atomic E-state index is 0.0178. The molecule has 1 unspecified atom stereocenters. The van der Waals surface area contributed by atoms with Gasteiger partial charge in [0.1, 0.15) is 5.56 Å². The van der Waals surface area contributed by atoms with Gasteiger partial charge < -0.3 is 5.32 Å². The third-order valence-corrected chi connectivity index (χ3v) is 4.66. The molecule has 0 bridgehead atoms. The number of hydrogen-bond acceptors (Lipinski definition) is 4. The quantitative estimate of drug-likeness (QED) is 0.757. The summed E-state index contributed by atoms with van der Waals surface area (Å²) in [6, 6.07) is 4.25. The van der Waals surface area contributed by atoms with Gasteiger partial charge in [0.05, 0.1) is 16.8 Å². The van der Waals surface area contributed by atoms with Gasteiger partial charge in [-0.25, -0.2) is 9.50 Å². The van der Waals surface area contributed by atoms with Crippen LogP contribution in [0.2, 0.25) is 0 Å². The number of nitrogens with one attached hydrogen (secondary N) is 1. The van der Waals surface area contributed by atoms with Gasteiger partial charge in [-0.05, 0) is 30.9 Å². The molecule has 5 nitrogen and oxygen atoms in total. The van der Waals surface area contributed by atoms with Crippen molar-refractivity contribution in [3.8, 4) is 10.6 Å². The fourth-order valence-electron chi connectivity index (χ4n) is 2.28. The molecule has 0 spiro atoms. The van der Waals surface area contributed by atoms with Crippen LogP contribution in [0.3, 0.4) is 0 Å². The second-order valence-electron chi connectivity index (χ2n) is 5.58. The molecule has 0 aliphatic carbocycles. The van der Waals surface area contributed by atoms with Crippen LogP contribution in [-0.2, 0) is 6.18 Å². The van der Waals surface area contributed by atoms with Gasteiger partial charge in [0.15, 0.2) is 11.3 Å². The van der Waals surface area contributed by atoms with E-state index in [9.17, 15) is 18.0 Å². The summed E-state index contributed by atoms with van der Waals surface area (Å²) in [5.41, 5.74) is -0.903. The molecule has 3 aromatic heterocycles. The number of carbonyl (C=O) groups excluding carboxylic acids is 1. The monoisotopic (exact) mass is 368 g/mol. The Kier molecular flexibility index (Phi) is 4.51. The minimum Gasteiger partial charge on any atom is -0.349 e. The maximum atomic E-state index is 13.4. The second-order valence-corrected chi connectivity index (χ2v) is 6.53. The fraction of sp³-hybridized carbons (Fsp3) is 0.312. The van der Waals surface area contributed by atoms with E-state index in [0.29, 0.717) is 15.8 Å². The molecule has 132 valence electrons. The molecule has 0 radical (unpaired) electrons. The number of carbonyl (C=O) groups is 1. The lowest BCUT2D eigenvalue weighted by atomic mass is 10.2. The van der Waals surface area contributed by atoms with Crippen molar-refractivity contribution in [2.75, 3.05) is 0 Å². The summed E-state index contributed by atoms with van der Waals surface area (Å²) in [6.45, 7) is 3.71. The Morgan fingerprint density at radius 1 is 1.44 bits per heavy atom. The Labute approximate surface area is 145 Å². The summed E-state index contributed by atoms with van der Waals surface area (Å²) in [6.07, 6.45) is -2.80. The molecular formula is C16H15F3N4OS. The van der Waals surface area contributed by atoms with Gasteiger partial charge in [0.2, 0.25) is 0 Å². The molecule has 1 atom stereocenters. The fourth-order valence-corrected chi connectivity index (χ4v) is 2.97. The number of aromatic nitrogens is 3. The zero-order valence-electron chi connectivity index (χ0n) is 13.5. The highest BCUT2D eigenvalue weighted by molar-refractivity contribution is 7.13. The van der Waals surface area contributed by atoms with Crippen molar-refractivity contribution in [3.05, 3.63) is 41.0 Å². The van der Waals surface area contributed by atoms with Gasteiger partial charge in [0, 0.05) is 6.04 Å². The SMILES string of the molecule is CCC(C)NC(=O)c1cnn2c(C(F)(F)F)cc(-c3cccs3)nc12. The Morgan fingerprint density at radius 2 is 2.20 bits per heavy atom. The zero-order valence-corrected chi connectivity index (χ0v) is 14.3. The number of halogens is 3. The number of rotatable bonds is 4. The first kappa shape index (κ1) is 17.4. The van der Waals surface area contributed by atoms with Crippen molar-refractivity contribution >= 4 is 22.9 Å². The number of amides is 1. The molecule has 3 heterocycles. The Hall–Kier alpha value is -2.42. The van der Waals surface area contributed by atoms with E-state index in [2.05, 4.69) is 15.4 Å². The van der Waals surface area contributed by atoms with E-state index >= 15 is 0 Å². The zero-order chi connectivity index (χ0) is 18.2. The lowest BCUT2D eigenvalue weighted by molar-refractivity contribution is -0.142. The molecule has 3 aromatic rings. The average molecular weight is 368 g/mol. The van der Waals surface area contributed by atoms with Gasteiger partial charge in [-0.1, -0.05) is 13.0 Å². The third-order valence-electron chi connectivity index (χ3n) is 3.77. The predicted molar refractivity (Wildman–Crippen MR) is 88.5 cm³/mol. The number of thiophene rings is 1. The van der Waals surface area contributed by atoms with Gasteiger partial charge in [-0.15, -0.1) is 11.3 Å². The van der Waals surface area contributed by atoms with Crippen LogP contribution in [0.1, 0.15) is 36.3 Å². The number of alkyl halides is 3. The van der Waals surface area contributed by atoms with Crippen LogP contribution in [0.15, 0.2) is 29.8 Å². The largest absolute Gasteiger partial charge is 0.433 e. The van der Waals surface area contributed by atoms with Crippen LogP contribution in [0.4, 0.5) is 13.2 Å². The molecule has 1 amide bonds. The normalized spacial score (nSPS) is 13.2. The van der Waals surface area contributed by atoms with Crippen LogP contribution in [-0.4, -0.2) is 26.5 Å². The molecule has 3 rings (SSSR count). The van der Waals surface area contributed by atoms with Gasteiger partial charge in [0.25, 0.3) is 5.91 Å². The molecule has 0 fully saturated rings. The van der Waals surface area contributed by atoms with Crippen LogP contribution in [0, 0.1) is 0 Å². The third kappa shape index (κ3) is 3.37. The van der Waals surface area contributed by atoms with Crippen molar-refractivity contribution in [3.63, 3.8) is 0 Å². The summed E-state index contributed by atoms with van der Waals surface area (Å²) in [5, 5.41) is 8.22. The molecular weight excluding hydrogens is 353 g/mol. The van der Waals surface area contributed by atoms with Crippen LogP contribution < -0.4 is 5.32 Å². The second kappa shape index (κ2) is 6.47. The first-order valence-corrected chi connectivity index (χ1v) is 8.50. The lowest BCUT2D eigenvalue weighted by Gasteiger charge is -2.12. The Morgan fingerprint density at radius 3 is 2.80 bits per heavy atom. The highest BCUT2D eigenvalue weighted by atomic mass is 32.1. The molecule has 0 aromatic carbocycles. The molecule has 1 N–H and O–H groups in total. The summed E-state index contributed by atoms with van der Waals surface area (Å²) in [4.78, 5) is 17.2. The topological polar surface area (TPSA) is 59.3 Å². The first-order valence-electron chi connectivity index (χ1n) is 7.62. The van der Waals surface area contributed by atoms with E-state index in [1.54, 1.807) is 17.5 Å². The van der Waals surface area contributed by atoms with E-state index < -0.39 is 17.8 Å². The number of hydrogen-bond donors (Lipinski definition) is 1. The number of fused-ring (bicyclic) bond motifs is 1.